The van der Waals surface area contributed by atoms with Crippen LogP contribution in [0.4, 0.5) is 0 Å². The summed E-state index contributed by atoms with van der Waals surface area (Å²) in [4.78, 5) is 10.3. The molecule has 0 aliphatic heterocycles. The molecule has 0 radical (unpaired) electrons. The quantitative estimate of drug-likeness (QED) is 0.369. The fraction of sp³-hybridized carbons (Fsp3) is 0.217. The topological polar surface area (TPSA) is 88.9 Å². The van der Waals surface area contributed by atoms with Crippen molar-refractivity contribution < 1.29 is 9.84 Å². The molecule has 0 aliphatic carbocycles. The first-order chi connectivity index (χ1) is 14.1. The van der Waals surface area contributed by atoms with Crippen LogP contribution in [0.2, 0.25) is 0 Å². The third kappa shape index (κ3) is 3.21. The van der Waals surface area contributed by atoms with Gasteiger partial charge in [0.1, 0.15) is 5.75 Å². The lowest BCUT2D eigenvalue weighted by atomic mass is 10.2. The Kier molecular flexibility index (Phi) is 4.94. The van der Waals surface area contributed by atoms with E-state index in [1.54, 1.807) is 7.11 Å². The molecule has 0 saturated heterocycles. The Balaban J connectivity index is 2.18. The van der Waals surface area contributed by atoms with Gasteiger partial charge in [0, 0.05) is 46.3 Å². The zero-order chi connectivity index (χ0) is 20.5. The van der Waals surface area contributed by atoms with Crippen LogP contribution in [0, 0.1) is 24.5 Å². The minimum Gasteiger partial charge on any atom is -0.494 e. The van der Waals surface area contributed by atoms with Gasteiger partial charge >= 0.3 is 0 Å². The molecule has 0 spiro atoms. The molecule has 29 heavy (non-hydrogen) atoms. The van der Waals surface area contributed by atoms with E-state index < -0.39 is 0 Å². The molecular weight excluding hydrogens is 364 g/mol. The molecule has 0 aliphatic rings. The molecule has 0 fully saturated rings. The fourth-order valence-corrected chi connectivity index (χ4v) is 3.94. The number of H-pyrrole nitrogens is 3. The van der Waals surface area contributed by atoms with Gasteiger partial charge in [-0.2, -0.15) is 0 Å². The highest BCUT2D eigenvalue weighted by Crippen LogP contribution is 2.17. The first kappa shape index (κ1) is 19.0. The van der Waals surface area contributed by atoms with Gasteiger partial charge in [-0.3, -0.25) is 0 Å². The van der Waals surface area contributed by atoms with E-state index in [1.807, 2.05) is 44.4 Å². The number of hydrogen-bond acceptors (Lipinski definition) is 3. The zero-order valence-electron chi connectivity index (χ0n) is 17.1. The molecule has 6 nitrogen and oxygen atoms in total. The van der Waals surface area contributed by atoms with Crippen molar-refractivity contribution in [2.75, 3.05) is 14.2 Å². The Hall–Kier alpha value is -3.38. The number of benzene rings is 1. The molecule has 3 aromatic heterocycles. The van der Waals surface area contributed by atoms with Crippen LogP contribution in [-0.4, -0.2) is 34.2 Å². The average Bonchev–Trinajstić information content (AvgIpc) is 3.35. The summed E-state index contributed by atoms with van der Waals surface area (Å²) in [6, 6.07) is 10.2. The third-order valence-electron chi connectivity index (χ3n) is 5.21. The lowest BCUT2D eigenvalue weighted by Crippen LogP contribution is -2.09. The number of ether oxygens (including phenoxy) is 1. The van der Waals surface area contributed by atoms with Gasteiger partial charge in [-0.05, 0) is 37.6 Å². The highest BCUT2D eigenvalue weighted by Gasteiger charge is 2.12. The standard InChI is InChI=1S/C23H26N4O2/c1-13-9-14(2)25-19(13)10-20-23(29-4)17(12-28)22(27-20)21-16(11-24-3)15-7-5-6-8-18(15)26-21/h5-11,24-28H,12H2,1-4H3/b16-11?,20-10?,22-21-. The van der Waals surface area contributed by atoms with Crippen molar-refractivity contribution in [3.8, 4) is 5.75 Å². The monoisotopic (exact) mass is 390 g/mol. The van der Waals surface area contributed by atoms with E-state index >= 15 is 0 Å². The maximum Gasteiger partial charge on any atom is 0.150 e. The van der Waals surface area contributed by atoms with Gasteiger partial charge in [0.2, 0.25) is 0 Å². The Morgan fingerprint density at radius 3 is 2.55 bits per heavy atom. The number of rotatable bonds is 4. The minimum atomic E-state index is -0.139. The van der Waals surface area contributed by atoms with Crippen LogP contribution in [0.25, 0.3) is 23.2 Å². The molecule has 1 aromatic carbocycles. The average molecular weight is 390 g/mol. The van der Waals surface area contributed by atoms with E-state index in [1.165, 1.54) is 0 Å². The molecule has 6 heteroatoms. The molecule has 5 N–H and O–H groups in total. The number of aromatic nitrogens is 3. The van der Waals surface area contributed by atoms with Gasteiger partial charge in [0.25, 0.3) is 0 Å². The molecule has 0 atom stereocenters. The molecule has 0 unspecified atom stereocenters. The maximum atomic E-state index is 10.2. The first-order valence-corrected chi connectivity index (χ1v) is 9.59. The van der Waals surface area contributed by atoms with Gasteiger partial charge in [-0.25, -0.2) is 0 Å². The highest BCUT2D eigenvalue weighted by atomic mass is 16.5. The number of nitrogens with one attached hydrogen (secondary N) is 4. The number of aromatic amines is 3. The summed E-state index contributed by atoms with van der Waals surface area (Å²) in [6.07, 6.45) is 3.98. The largest absolute Gasteiger partial charge is 0.494 e. The van der Waals surface area contributed by atoms with E-state index in [0.717, 1.165) is 54.7 Å². The van der Waals surface area contributed by atoms with Crippen LogP contribution in [0.5, 0.6) is 5.75 Å². The van der Waals surface area contributed by atoms with Crippen molar-refractivity contribution >= 4 is 23.2 Å². The van der Waals surface area contributed by atoms with Gasteiger partial charge in [-0.15, -0.1) is 0 Å². The van der Waals surface area contributed by atoms with E-state index in [0.29, 0.717) is 5.75 Å². The number of para-hydroxylation sites is 1. The van der Waals surface area contributed by atoms with Gasteiger partial charge in [0.05, 0.1) is 29.8 Å². The molecule has 0 amide bonds. The summed E-state index contributed by atoms with van der Waals surface area (Å²) in [6.45, 7) is 3.96. The Bertz CT molecular complexity index is 1390. The van der Waals surface area contributed by atoms with Crippen LogP contribution >= 0.6 is 0 Å². The molecule has 0 bridgehead atoms. The second-order valence-electron chi connectivity index (χ2n) is 7.17. The summed E-state index contributed by atoms with van der Waals surface area (Å²) in [5, 5.41) is 18.0. The van der Waals surface area contributed by atoms with Crippen LogP contribution in [-0.2, 0) is 6.61 Å². The molecule has 3 heterocycles. The van der Waals surface area contributed by atoms with Crippen LogP contribution < -0.4 is 20.6 Å². The van der Waals surface area contributed by atoms with Crippen molar-refractivity contribution in [2.45, 2.75) is 20.5 Å². The fourth-order valence-electron chi connectivity index (χ4n) is 3.94. The van der Waals surface area contributed by atoms with E-state index in [-0.39, 0.29) is 6.61 Å². The van der Waals surface area contributed by atoms with Crippen LogP contribution in [0.15, 0.2) is 30.3 Å². The summed E-state index contributed by atoms with van der Waals surface area (Å²) in [5.41, 5.74) is 5.01. The number of aliphatic hydroxyl groups excluding tert-OH is 1. The lowest BCUT2D eigenvalue weighted by molar-refractivity contribution is 0.273. The number of aliphatic hydroxyl groups is 1. The van der Waals surface area contributed by atoms with Crippen molar-refractivity contribution in [1.29, 1.82) is 0 Å². The number of methoxy groups -OCH3 is 1. The molecule has 4 aromatic rings. The molecule has 150 valence electrons. The second kappa shape index (κ2) is 7.56. The molecule has 4 rings (SSSR count). The number of hydrogen-bond donors (Lipinski definition) is 5. The summed E-state index contributed by atoms with van der Waals surface area (Å²) in [7, 11) is 3.51. The highest BCUT2D eigenvalue weighted by molar-refractivity contribution is 5.80. The maximum absolute atomic E-state index is 10.2. The number of aryl methyl sites for hydroxylation is 2. The zero-order valence-corrected chi connectivity index (χ0v) is 17.1. The van der Waals surface area contributed by atoms with Gasteiger partial charge in [0.15, 0.2) is 0 Å². The summed E-state index contributed by atoms with van der Waals surface area (Å²) >= 11 is 0. The van der Waals surface area contributed by atoms with Crippen LogP contribution in [0.3, 0.4) is 0 Å². The summed E-state index contributed by atoms with van der Waals surface area (Å²) < 4.78 is 5.69. The van der Waals surface area contributed by atoms with Crippen molar-refractivity contribution in [2.24, 2.45) is 0 Å². The second-order valence-corrected chi connectivity index (χ2v) is 7.17. The normalized spacial score (nSPS) is 14.1. The predicted molar refractivity (Wildman–Crippen MR) is 116 cm³/mol. The Morgan fingerprint density at radius 2 is 1.90 bits per heavy atom. The van der Waals surface area contributed by atoms with Crippen molar-refractivity contribution in [3.63, 3.8) is 0 Å². The lowest BCUT2D eigenvalue weighted by Gasteiger charge is -1.99. The third-order valence-corrected chi connectivity index (χ3v) is 5.21. The Labute approximate surface area is 168 Å². The van der Waals surface area contributed by atoms with E-state index in [2.05, 4.69) is 39.3 Å². The molecule has 0 saturated carbocycles. The molecular formula is C23H26N4O2. The van der Waals surface area contributed by atoms with E-state index in [4.69, 9.17) is 4.74 Å². The van der Waals surface area contributed by atoms with Crippen molar-refractivity contribution in [3.05, 3.63) is 74.1 Å². The Morgan fingerprint density at radius 1 is 1.10 bits per heavy atom. The van der Waals surface area contributed by atoms with Crippen molar-refractivity contribution in [1.82, 2.24) is 20.3 Å². The van der Waals surface area contributed by atoms with E-state index in [9.17, 15) is 5.11 Å². The van der Waals surface area contributed by atoms with Gasteiger partial charge < -0.3 is 30.1 Å². The van der Waals surface area contributed by atoms with Gasteiger partial charge in [-0.1, -0.05) is 18.2 Å². The van der Waals surface area contributed by atoms with Crippen LogP contribution in [0.1, 0.15) is 22.5 Å². The first-order valence-electron chi connectivity index (χ1n) is 9.59. The number of fused-ring (bicyclic) bond motifs is 1. The SMILES string of the molecule is CNC=c1/c(=c2/[nH]c(=Cc3[nH]c(C)cc3C)c(OC)c2CO)[nH]c2ccccc12. The smallest absolute Gasteiger partial charge is 0.150 e. The predicted octanol–water partition coefficient (Wildman–Crippen LogP) is 2.02. The summed E-state index contributed by atoms with van der Waals surface area (Å²) in [5.74, 6) is 0.642. The minimum absolute atomic E-state index is 0.139.